The third-order valence-corrected chi connectivity index (χ3v) is 5.87. The molecule has 0 aromatic heterocycles. The van der Waals surface area contributed by atoms with Crippen LogP contribution in [0.15, 0.2) is 55.1 Å². The van der Waals surface area contributed by atoms with Gasteiger partial charge in [0, 0.05) is 28.3 Å². The highest BCUT2D eigenvalue weighted by Gasteiger charge is 2.39. The van der Waals surface area contributed by atoms with E-state index in [9.17, 15) is 19.5 Å². The Labute approximate surface area is 189 Å². The number of allylic oxidation sites excluding steroid dienone is 2. The molecule has 0 saturated heterocycles. The lowest BCUT2D eigenvalue weighted by atomic mass is 9.84. The van der Waals surface area contributed by atoms with Crippen LogP contribution in [0.2, 0.25) is 0 Å². The van der Waals surface area contributed by atoms with Crippen molar-refractivity contribution in [3.8, 4) is 5.75 Å². The van der Waals surface area contributed by atoms with Gasteiger partial charge in [-0.3, -0.25) is 19.3 Å². The molecule has 0 unspecified atom stereocenters. The van der Waals surface area contributed by atoms with Gasteiger partial charge in [0.15, 0.2) is 5.78 Å². The molecule has 2 aromatic carbocycles. The molecular weight excluding hydrogens is 402 g/mol. The van der Waals surface area contributed by atoms with Crippen LogP contribution in [0, 0.1) is 0 Å². The Balaban J connectivity index is 2.12. The van der Waals surface area contributed by atoms with Gasteiger partial charge in [-0.25, -0.2) is 0 Å². The summed E-state index contributed by atoms with van der Waals surface area (Å²) >= 11 is 0. The third kappa shape index (κ3) is 4.03. The fourth-order valence-electron chi connectivity index (χ4n) is 4.37. The zero-order chi connectivity index (χ0) is 23.4. The molecule has 1 heterocycles. The first-order chi connectivity index (χ1) is 15.4. The van der Waals surface area contributed by atoms with Crippen LogP contribution in [-0.4, -0.2) is 33.6 Å². The van der Waals surface area contributed by atoms with Crippen molar-refractivity contribution >= 4 is 28.7 Å². The third-order valence-electron chi connectivity index (χ3n) is 5.87. The molecule has 5 nitrogen and oxygen atoms in total. The van der Waals surface area contributed by atoms with Gasteiger partial charge in [0.25, 0.3) is 11.8 Å². The first-order valence-electron chi connectivity index (χ1n) is 11.1. The molecule has 1 aliphatic heterocycles. The predicted molar refractivity (Wildman–Crippen MR) is 126 cm³/mol. The van der Waals surface area contributed by atoms with Gasteiger partial charge < -0.3 is 5.11 Å². The molecule has 2 aromatic rings. The van der Waals surface area contributed by atoms with Gasteiger partial charge in [-0.05, 0) is 43.5 Å². The zero-order valence-corrected chi connectivity index (χ0v) is 18.9. The number of Topliss-reactive ketones (excluding diaryl/α,β-unsaturated/α-hetero) is 1. The van der Waals surface area contributed by atoms with Crippen molar-refractivity contribution in [1.82, 2.24) is 4.90 Å². The number of carbonyl (C=O) groups is 3. The van der Waals surface area contributed by atoms with Gasteiger partial charge in [-0.2, -0.15) is 0 Å². The number of phenolic OH excluding ortho intramolecular Hbond substituents is 1. The molecule has 32 heavy (non-hydrogen) atoms. The van der Waals surface area contributed by atoms with Gasteiger partial charge in [-0.1, -0.05) is 63.6 Å². The molecule has 2 amide bonds. The fraction of sp³-hybridized carbons (Fsp3) is 0.296. The average molecular weight is 432 g/mol. The number of hydrogen-bond donors (Lipinski definition) is 1. The van der Waals surface area contributed by atoms with Crippen molar-refractivity contribution < 1.29 is 19.5 Å². The van der Waals surface area contributed by atoms with Crippen LogP contribution in [0.1, 0.15) is 78.3 Å². The summed E-state index contributed by atoms with van der Waals surface area (Å²) in [7, 11) is 0. The summed E-state index contributed by atoms with van der Waals surface area (Å²) in [6.07, 6.45) is 4.83. The fourth-order valence-corrected chi connectivity index (χ4v) is 4.37. The smallest absolute Gasteiger partial charge is 0.261 e. The van der Waals surface area contributed by atoms with Crippen molar-refractivity contribution in [3.05, 3.63) is 77.4 Å². The standard InChI is InChI=1S/C27H29NO4/c1-5-11-18(12-6-2)28-26(31)17(4)24-20(14-10-15-22(24)27(28)32)19(7-3)25(30)21-13-8-9-16-23(21)29/h7-10,13-16,18,29H,4-6,11-12H2,1-3H3/b19-7+. The lowest BCUT2D eigenvalue weighted by Gasteiger charge is -2.35. The molecule has 3 rings (SSSR count). The molecule has 5 heteroatoms. The second kappa shape index (κ2) is 9.77. The first kappa shape index (κ1) is 23.2. The van der Waals surface area contributed by atoms with Crippen molar-refractivity contribution in [2.45, 2.75) is 52.5 Å². The topological polar surface area (TPSA) is 74.7 Å². The van der Waals surface area contributed by atoms with Crippen molar-refractivity contribution in [2.75, 3.05) is 0 Å². The molecule has 1 aliphatic rings. The molecule has 0 spiro atoms. The number of para-hydroxylation sites is 1. The van der Waals surface area contributed by atoms with Gasteiger partial charge in [0.05, 0.1) is 5.56 Å². The van der Waals surface area contributed by atoms with Gasteiger partial charge in [-0.15, -0.1) is 0 Å². The van der Waals surface area contributed by atoms with E-state index < -0.39 is 5.91 Å². The predicted octanol–water partition coefficient (Wildman–Crippen LogP) is 5.64. The monoisotopic (exact) mass is 431 g/mol. The summed E-state index contributed by atoms with van der Waals surface area (Å²) < 4.78 is 0. The zero-order valence-electron chi connectivity index (χ0n) is 18.9. The Morgan fingerprint density at radius 2 is 1.62 bits per heavy atom. The van der Waals surface area contributed by atoms with Crippen molar-refractivity contribution in [1.29, 1.82) is 0 Å². The number of imide groups is 1. The molecule has 0 fully saturated rings. The average Bonchev–Trinajstić information content (AvgIpc) is 2.78. The summed E-state index contributed by atoms with van der Waals surface area (Å²) in [4.78, 5) is 41.4. The highest BCUT2D eigenvalue weighted by Crippen LogP contribution is 2.37. The Kier molecular flexibility index (Phi) is 7.08. The highest BCUT2D eigenvalue weighted by molar-refractivity contribution is 6.35. The second-order valence-electron chi connectivity index (χ2n) is 7.97. The maximum Gasteiger partial charge on any atom is 0.261 e. The maximum atomic E-state index is 13.4. The molecule has 0 atom stereocenters. The molecule has 166 valence electrons. The van der Waals surface area contributed by atoms with E-state index in [1.165, 1.54) is 11.0 Å². The Morgan fingerprint density at radius 3 is 2.22 bits per heavy atom. The normalized spacial score (nSPS) is 14.2. The minimum atomic E-state index is -0.410. The van der Waals surface area contributed by atoms with E-state index in [0.29, 0.717) is 22.3 Å². The Morgan fingerprint density at radius 1 is 1.00 bits per heavy atom. The van der Waals surface area contributed by atoms with E-state index in [1.807, 2.05) is 13.8 Å². The summed E-state index contributed by atoms with van der Waals surface area (Å²) in [5.41, 5.74) is 1.89. The molecular formula is C27H29NO4. The highest BCUT2D eigenvalue weighted by atomic mass is 16.3. The van der Waals surface area contributed by atoms with Crippen LogP contribution in [0.25, 0.3) is 11.1 Å². The van der Waals surface area contributed by atoms with E-state index in [0.717, 1.165) is 25.7 Å². The number of rotatable bonds is 8. The molecule has 0 bridgehead atoms. The number of fused-ring (bicyclic) bond motifs is 1. The number of phenols is 1. The number of amides is 2. The minimum absolute atomic E-state index is 0.124. The van der Waals surface area contributed by atoms with Gasteiger partial charge in [0.2, 0.25) is 0 Å². The van der Waals surface area contributed by atoms with E-state index in [1.54, 1.807) is 49.4 Å². The number of benzene rings is 2. The van der Waals surface area contributed by atoms with E-state index in [-0.39, 0.29) is 34.6 Å². The summed E-state index contributed by atoms with van der Waals surface area (Å²) in [6, 6.07) is 11.2. The molecule has 0 aliphatic carbocycles. The summed E-state index contributed by atoms with van der Waals surface area (Å²) in [5, 5.41) is 10.2. The maximum absolute atomic E-state index is 13.4. The van der Waals surface area contributed by atoms with Crippen molar-refractivity contribution in [2.24, 2.45) is 0 Å². The number of aromatic hydroxyl groups is 1. The van der Waals surface area contributed by atoms with Gasteiger partial charge >= 0.3 is 0 Å². The number of nitrogens with zero attached hydrogens (tertiary/aromatic N) is 1. The van der Waals surface area contributed by atoms with Crippen LogP contribution in [-0.2, 0) is 4.79 Å². The van der Waals surface area contributed by atoms with E-state index in [4.69, 9.17) is 0 Å². The number of ketones is 1. The first-order valence-corrected chi connectivity index (χ1v) is 11.1. The summed E-state index contributed by atoms with van der Waals surface area (Å²) in [6.45, 7) is 9.80. The SMILES string of the molecule is C=C1C(=O)N(C(CCC)CCC)C(=O)c2cccc(/C(=C\C)C(=O)c3ccccc3O)c21. The Hall–Kier alpha value is -3.47. The van der Waals surface area contributed by atoms with Crippen molar-refractivity contribution in [3.63, 3.8) is 0 Å². The lowest BCUT2D eigenvalue weighted by Crippen LogP contribution is -2.48. The largest absolute Gasteiger partial charge is 0.507 e. The quantitative estimate of drug-likeness (QED) is 0.333. The number of carbonyl (C=O) groups excluding carboxylic acids is 3. The second-order valence-corrected chi connectivity index (χ2v) is 7.97. The molecule has 1 N–H and O–H groups in total. The van der Waals surface area contributed by atoms with Gasteiger partial charge in [0.1, 0.15) is 5.75 Å². The molecule has 0 saturated carbocycles. The molecule has 0 radical (unpaired) electrons. The minimum Gasteiger partial charge on any atom is -0.507 e. The van der Waals surface area contributed by atoms with Crippen LogP contribution < -0.4 is 0 Å². The lowest BCUT2D eigenvalue weighted by molar-refractivity contribution is -0.124. The number of hydrogen-bond acceptors (Lipinski definition) is 4. The van der Waals surface area contributed by atoms with Crippen LogP contribution in [0.5, 0.6) is 5.75 Å². The summed E-state index contributed by atoms with van der Waals surface area (Å²) in [5.74, 6) is -1.27. The Bertz CT molecular complexity index is 1110. The van der Waals surface area contributed by atoms with E-state index >= 15 is 0 Å². The van der Waals surface area contributed by atoms with E-state index in [2.05, 4.69) is 6.58 Å². The van der Waals surface area contributed by atoms with Crippen LogP contribution >= 0.6 is 0 Å². The van der Waals surface area contributed by atoms with Crippen LogP contribution in [0.4, 0.5) is 0 Å². The van der Waals surface area contributed by atoms with Crippen LogP contribution in [0.3, 0.4) is 0 Å².